The minimum absolute atomic E-state index is 0.0663. The van der Waals surface area contributed by atoms with Gasteiger partial charge in [-0.05, 0) is 12.8 Å². The summed E-state index contributed by atoms with van der Waals surface area (Å²) < 4.78 is 0. The number of rotatable bonds is 6. The molecule has 1 aromatic heterocycles. The third-order valence-corrected chi connectivity index (χ3v) is 3.70. The lowest BCUT2D eigenvalue weighted by atomic mass is 10.1. The van der Waals surface area contributed by atoms with E-state index in [4.69, 9.17) is 10.9 Å². The lowest BCUT2D eigenvalue weighted by molar-refractivity contribution is -0.123. The Kier molecular flexibility index (Phi) is 5.57. The Labute approximate surface area is 110 Å². The van der Waals surface area contributed by atoms with Gasteiger partial charge in [0.25, 0.3) is 0 Å². The summed E-state index contributed by atoms with van der Waals surface area (Å²) >= 11 is 1.57. The van der Waals surface area contributed by atoms with Gasteiger partial charge in [0.15, 0.2) is 5.84 Å². The van der Waals surface area contributed by atoms with Gasteiger partial charge in [-0.3, -0.25) is 4.79 Å². The number of oxime groups is 1. The second kappa shape index (κ2) is 6.95. The molecule has 1 atom stereocenters. The molecule has 0 saturated heterocycles. The van der Waals surface area contributed by atoms with E-state index in [-0.39, 0.29) is 11.7 Å². The average molecular weight is 270 g/mol. The summed E-state index contributed by atoms with van der Waals surface area (Å²) in [5, 5.41) is 15.0. The molecule has 1 unspecified atom stereocenters. The highest BCUT2D eigenvalue weighted by molar-refractivity contribution is 7.11. The Morgan fingerprint density at radius 2 is 2.39 bits per heavy atom. The maximum absolute atomic E-state index is 11.8. The lowest BCUT2D eigenvalue weighted by Gasteiger charge is -2.12. The van der Waals surface area contributed by atoms with Crippen LogP contribution in [0.1, 0.15) is 30.2 Å². The molecule has 0 radical (unpaired) electrons. The first-order valence-corrected chi connectivity index (χ1v) is 6.62. The van der Waals surface area contributed by atoms with Crippen molar-refractivity contribution in [2.75, 3.05) is 0 Å². The van der Waals surface area contributed by atoms with Crippen LogP contribution in [0, 0.1) is 5.92 Å². The molecule has 1 amide bonds. The smallest absolute Gasteiger partial charge is 0.231 e. The van der Waals surface area contributed by atoms with Gasteiger partial charge in [-0.1, -0.05) is 19.0 Å². The predicted octanol–water partition coefficient (Wildman–Crippen LogP) is 1.09. The van der Waals surface area contributed by atoms with E-state index in [1.807, 2.05) is 6.20 Å². The van der Waals surface area contributed by atoms with E-state index in [0.717, 1.165) is 11.4 Å². The summed E-state index contributed by atoms with van der Waals surface area (Å²) in [6.07, 6.45) is 3.24. The molecule has 7 heteroatoms. The van der Waals surface area contributed by atoms with E-state index in [0.29, 0.717) is 13.0 Å². The van der Waals surface area contributed by atoms with Gasteiger partial charge in [0, 0.05) is 11.1 Å². The Balaban J connectivity index is 2.54. The molecule has 0 aliphatic heterocycles. The molecule has 4 N–H and O–H groups in total. The van der Waals surface area contributed by atoms with Crippen LogP contribution < -0.4 is 11.1 Å². The molecule has 0 spiro atoms. The van der Waals surface area contributed by atoms with Crippen molar-refractivity contribution in [1.82, 2.24) is 10.3 Å². The van der Waals surface area contributed by atoms with Gasteiger partial charge in [0.2, 0.25) is 5.91 Å². The first-order valence-electron chi connectivity index (χ1n) is 5.81. The fourth-order valence-electron chi connectivity index (χ4n) is 1.48. The molecule has 0 fully saturated rings. The van der Waals surface area contributed by atoms with Crippen molar-refractivity contribution < 1.29 is 10.0 Å². The van der Waals surface area contributed by atoms with Crippen LogP contribution in [-0.2, 0) is 17.8 Å². The number of amides is 1. The SMILES string of the molecule is CCc1cnc(CNC(=O)C(CC)/C(N)=N/O)s1. The zero-order valence-corrected chi connectivity index (χ0v) is 11.3. The largest absolute Gasteiger partial charge is 0.409 e. The van der Waals surface area contributed by atoms with Crippen LogP contribution >= 0.6 is 11.3 Å². The fourth-order valence-corrected chi connectivity index (χ4v) is 2.28. The van der Waals surface area contributed by atoms with Crippen molar-refractivity contribution in [2.45, 2.75) is 33.2 Å². The van der Waals surface area contributed by atoms with Gasteiger partial charge in [-0.15, -0.1) is 11.3 Å². The number of thiazole rings is 1. The molecule has 1 rings (SSSR count). The van der Waals surface area contributed by atoms with E-state index in [1.165, 1.54) is 4.88 Å². The predicted molar refractivity (Wildman–Crippen MR) is 70.5 cm³/mol. The highest BCUT2D eigenvalue weighted by atomic mass is 32.1. The van der Waals surface area contributed by atoms with Crippen molar-refractivity contribution in [3.63, 3.8) is 0 Å². The fraction of sp³-hybridized carbons (Fsp3) is 0.545. The van der Waals surface area contributed by atoms with Crippen LogP contribution in [0.5, 0.6) is 0 Å². The monoisotopic (exact) mass is 270 g/mol. The number of hydrogen-bond donors (Lipinski definition) is 3. The van der Waals surface area contributed by atoms with E-state index in [1.54, 1.807) is 18.3 Å². The summed E-state index contributed by atoms with van der Waals surface area (Å²) in [6.45, 7) is 4.24. The Morgan fingerprint density at radius 1 is 1.67 bits per heavy atom. The van der Waals surface area contributed by atoms with Crippen LogP contribution in [0.15, 0.2) is 11.4 Å². The van der Waals surface area contributed by atoms with Crippen LogP contribution in [0.4, 0.5) is 0 Å². The molecule has 0 aromatic carbocycles. The summed E-state index contributed by atoms with van der Waals surface area (Å²) in [5.74, 6) is -0.912. The Bertz CT molecular complexity index is 430. The van der Waals surface area contributed by atoms with Crippen molar-refractivity contribution in [3.8, 4) is 0 Å². The Hall–Kier alpha value is -1.63. The van der Waals surface area contributed by atoms with Crippen LogP contribution in [0.25, 0.3) is 0 Å². The molecule has 0 saturated carbocycles. The third kappa shape index (κ3) is 3.69. The van der Waals surface area contributed by atoms with Gasteiger partial charge in [0.05, 0.1) is 12.5 Å². The second-order valence-electron chi connectivity index (χ2n) is 3.78. The number of aromatic nitrogens is 1. The molecular formula is C11H18N4O2S. The number of nitrogens with zero attached hydrogens (tertiary/aromatic N) is 2. The van der Waals surface area contributed by atoms with Gasteiger partial charge < -0.3 is 16.3 Å². The normalized spacial score (nSPS) is 13.3. The molecule has 1 aromatic rings. The maximum Gasteiger partial charge on any atom is 0.231 e. The third-order valence-electron chi connectivity index (χ3n) is 2.56. The van der Waals surface area contributed by atoms with Gasteiger partial charge in [0.1, 0.15) is 5.01 Å². The average Bonchev–Trinajstić information content (AvgIpc) is 2.84. The van der Waals surface area contributed by atoms with E-state index in [9.17, 15) is 4.79 Å². The van der Waals surface area contributed by atoms with Crippen LogP contribution in [0.3, 0.4) is 0 Å². The van der Waals surface area contributed by atoms with Gasteiger partial charge >= 0.3 is 0 Å². The van der Waals surface area contributed by atoms with E-state index in [2.05, 4.69) is 22.4 Å². The van der Waals surface area contributed by atoms with Gasteiger partial charge in [-0.25, -0.2) is 4.98 Å². The lowest BCUT2D eigenvalue weighted by Crippen LogP contribution is -2.38. The first kappa shape index (κ1) is 14.4. The standard InChI is InChI=1S/C11H18N4O2S/c1-3-7-5-13-9(18-7)6-14-11(16)8(4-2)10(12)15-17/h5,8,17H,3-4,6H2,1-2H3,(H2,12,15)(H,14,16). The van der Waals surface area contributed by atoms with Crippen molar-refractivity contribution >= 4 is 23.1 Å². The molecule has 1 heterocycles. The number of nitrogens with one attached hydrogen (secondary N) is 1. The van der Waals surface area contributed by atoms with Crippen LogP contribution in [0.2, 0.25) is 0 Å². The van der Waals surface area contributed by atoms with Crippen molar-refractivity contribution in [3.05, 3.63) is 16.1 Å². The highest BCUT2D eigenvalue weighted by Gasteiger charge is 2.20. The maximum atomic E-state index is 11.8. The van der Waals surface area contributed by atoms with Gasteiger partial charge in [-0.2, -0.15) is 0 Å². The van der Waals surface area contributed by atoms with E-state index < -0.39 is 5.92 Å². The molecule has 0 bridgehead atoms. The topological polar surface area (TPSA) is 101 Å². The quantitative estimate of drug-likeness (QED) is 0.312. The van der Waals surface area contributed by atoms with E-state index >= 15 is 0 Å². The number of carbonyl (C=O) groups is 1. The summed E-state index contributed by atoms with van der Waals surface area (Å²) in [7, 11) is 0. The number of hydrogen-bond acceptors (Lipinski definition) is 5. The number of nitrogens with two attached hydrogens (primary N) is 1. The molecule has 100 valence electrons. The number of amidine groups is 1. The first-order chi connectivity index (χ1) is 8.62. The summed E-state index contributed by atoms with van der Waals surface area (Å²) in [6, 6.07) is 0. The van der Waals surface area contributed by atoms with Crippen molar-refractivity contribution in [1.29, 1.82) is 0 Å². The molecule has 6 nitrogen and oxygen atoms in total. The molecule has 0 aliphatic rings. The second-order valence-corrected chi connectivity index (χ2v) is 4.98. The summed E-state index contributed by atoms with van der Waals surface area (Å²) in [4.78, 5) is 17.2. The minimum atomic E-state index is -0.597. The number of aryl methyl sites for hydroxylation is 1. The minimum Gasteiger partial charge on any atom is -0.409 e. The Morgan fingerprint density at radius 3 is 2.89 bits per heavy atom. The zero-order chi connectivity index (χ0) is 13.5. The molecule has 18 heavy (non-hydrogen) atoms. The summed E-state index contributed by atoms with van der Waals surface area (Å²) in [5.41, 5.74) is 5.45. The van der Waals surface area contributed by atoms with Crippen molar-refractivity contribution in [2.24, 2.45) is 16.8 Å². The van der Waals surface area contributed by atoms with Crippen LogP contribution in [-0.4, -0.2) is 21.9 Å². The zero-order valence-electron chi connectivity index (χ0n) is 10.5. The highest BCUT2D eigenvalue weighted by Crippen LogP contribution is 2.13. The molecule has 0 aliphatic carbocycles. The molecular weight excluding hydrogens is 252 g/mol. The number of carbonyl (C=O) groups excluding carboxylic acids is 1.